The summed E-state index contributed by atoms with van der Waals surface area (Å²) in [6.45, 7) is 5.95. The average molecular weight is 389 g/mol. The van der Waals surface area contributed by atoms with Gasteiger partial charge in [-0.3, -0.25) is 9.78 Å². The molecule has 5 heterocycles. The number of pyridine rings is 1. The van der Waals surface area contributed by atoms with Crippen LogP contribution in [0.1, 0.15) is 0 Å². The fraction of sp³-hybridized carbons (Fsp3) is 0.381. The van der Waals surface area contributed by atoms with E-state index in [1.807, 2.05) is 16.8 Å². The molecule has 6 rings (SSSR count). The Morgan fingerprint density at radius 3 is 2.76 bits per heavy atom. The first-order valence-corrected chi connectivity index (χ1v) is 10.1. The lowest BCUT2D eigenvalue weighted by Crippen LogP contribution is -2.27. The van der Waals surface area contributed by atoms with Crippen LogP contribution in [0, 0.1) is 11.8 Å². The number of H-pyrrole nitrogens is 1. The van der Waals surface area contributed by atoms with Crippen molar-refractivity contribution in [3.63, 3.8) is 0 Å². The number of nitrogens with one attached hydrogen (secondary N) is 1. The van der Waals surface area contributed by atoms with Crippen LogP contribution in [0.25, 0.3) is 33.1 Å². The van der Waals surface area contributed by atoms with Gasteiger partial charge in [-0.05, 0) is 12.1 Å². The summed E-state index contributed by atoms with van der Waals surface area (Å²) in [6.07, 6.45) is 3.85. The number of nitrogens with zero attached hydrogens (tertiary/aromatic N) is 5. The van der Waals surface area contributed by atoms with Crippen LogP contribution in [0.2, 0.25) is 0 Å². The van der Waals surface area contributed by atoms with E-state index in [0.29, 0.717) is 17.7 Å². The summed E-state index contributed by atoms with van der Waals surface area (Å²) in [4.78, 5) is 7.14. The van der Waals surface area contributed by atoms with E-state index in [0.717, 1.165) is 72.5 Å². The predicted octanol–water partition coefficient (Wildman–Crippen LogP) is 2.13. The second-order valence-electron chi connectivity index (χ2n) is 8.17. The minimum atomic E-state index is 0.473. The molecule has 2 atom stereocenters. The highest BCUT2D eigenvalue weighted by molar-refractivity contribution is 6.08. The molecule has 0 saturated carbocycles. The molecule has 8 heteroatoms. The summed E-state index contributed by atoms with van der Waals surface area (Å²) < 4.78 is 7.59. The van der Waals surface area contributed by atoms with Gasteiger partial charge < -0.3 is 15.4 Å². The Balaban J connectivity index is 1.29. The number of hydrogen-bond donors (Lipinski definition) is 2. The lowest BCUT2D eigenvalue weighted by molar-refractivity contribution is 0.153. The largest absolute Gasteiger partial charge is 0.382 e. The fourth-order valence-electron chi connectivity index (χ4n) is 4.75. The number of hydrogen-bond acceptors (Lipinski definition) is 6. The summed E-state index contributed by atoms with van der Waals surface area (Å²) in [5.74, 6) is 1.89. The molecular formula is C21H23N7O. The van der Waals surface area contributed by atoms with E-state index >= 15 is 0 Å². The summed E-state index contributed by atoms with van der Waals surface area (Å²) in [6, 6.07) is 8.16. The Labute approximate surface area is 167 Å². The summed E-state index contributed by atoms with van der Waals surface area (Å²) in [7, 11) is 0. The normalized spacial score (nSPS) is 22.1. The van der Waals surface area contributed by atoms with Gasteiger partial charge in [-0.2, -0.15) is 10.2 Å². The van der Waals surface area contributed by atoms with Crippen molar-refractivity contribution in [3.05, 3.63) is 36.7 Å². The number of aromatic amines is 1. The van der Waals surface area contributed by atoms with Crippen LogP contribution in [-0.2, 0) is 11.3 Å². The van der Waals surface area contributed by atoms with E-state index in [1.54, 1.807) is 6.20 Å². The molecule has 8 nitrogen and oxygen atoms in total. The van der Waals surface area contributed by atoms with Crippen molar-refractivity contribution in [2.75, 3.05) is 38.6 Å². The number of ether oxygens (including phenoxy) is 1. The second kappa shape index (κ2) is 6.53. The molecule has 0 aliphatic carbocycles. The van der Waals surface area contributed by atoms with Crippen molar-refractivity contribution in [1.82, 2.24) is 29.9 Å². The maximum absolute atomic E-state index is 6.25. The molecule has 29 heavy (non-hydrogen) atoms. The van der Waals surface area contributed by atoms with Gasteiger partial charge in [0.25, 0.3) is 0 Å². The number of nitrogens with two attached hydrogens (primary N) is 1. The second-order valence-corrected chi connectivity index (χ2v) is 8.17. The van der Waals surface area contributed by atoms with Crippen molar-refractivity contribution in [1.29, 1.82) is 0 Å². The van der Waals surface area contributed by atoms with Gasteiger partial charge in [0.1, 0.15) is 5.52 Å². The van der Waals surface area contributed by atoms with Crippen LogP contribution < -0.4 is 5.73 Å². The standard InChI is InChI=1S/C21H23N7O/c22-21-20-17(16-2-1-13(7-19(16)24-21)18-3-4-23-25-18)10-28(26-20)6-5-27-8-14-11-29-12-15(14)9-27/h1-4,7,10,14-15H,5-6,8-9,11-12H2,(H2,22,24)(H,23,25). The quantitative estimate of drug-likeness (QED) is 0.555. The van der Waals surface area contributed by atoms with Crippen LogP contribution in [0.15, 0.2) is 36.7 Å². The zero-order valence-corrected chi connectivity index (χ0v) is 16.1. The predicted molar refractivity (Wildman–Crippen MR) is 111 cm³/mol. The molecule has 3 N–H and O–H groups in total. The van der Waals surface area contributed by atoms with E-state index in [2.05, 4.69) is 38.4 Å². The highest BCUT2D eigenvalue weighted by Gasteiger charge is 2.36. The Kier molecular flexibility index (Phi) is 3.82. The van der Waals surface area contributed by atoms with E-state index in [1.165, 1.54) is 0 Å². The van der Waals surface area contributed by atoms with Gasteiger partial charge in [0.05, 0.1) is 31.0 Å². The van der Waals surface area contributed by atoms with Crippen molar-refractivity contribution >= 4 is 27.6 Å². The van der Waals surface area contributed by atoms with Gasteiger partial charge in [-0.1, -0.05) is 12.1 Å². The molecule has 0 radical (unpaired) electrons. The smallest absolute Gasteiger partial charge is 0.152 e. The van der Waals surface area contributed by atoms with E-state index in [4.69, 9.17) is 15.6 Å². The molecule has 0 bridgehead atoms. The topological polar surface area (TPSA) is 97.9 Å². The maximum Gasteiger partial charge on any atom is 0.152 e. The van der Waals surface area contributed by atoms with E-state index in [9.17, 15) is 0 Å². The Hall–Kier alpha value is -2.97. The van der Waals surface area contributed by atoms with Crippen molar-refractivity contribution in [2.24, 2.45) is 11.8 Å². The summed E-state index contributed by atoms with van der Waals surface area (Å²) in [5, 5.41) is 13.9. The van der Waals surface area contributed by atoms with Crippen LogP contribution in [0.4, 0.5) is 5.82 Å². The molecular weight excluding hydrogens is 366 g/mol. The number of aromatic nitrogens is 5. The first kappa shape index (κ1) is 16.9. The number of rotatable bonds is 4. The fourth-order valence-corrected chi connectivity index (χ4v) is 4.75. The summed E-state index contributed by atoms with van der Waals surface area (Å²) >= 11 is 0. The number of benzene rings is 1. The Morgan fingerprint density at radius 2 is 1.97 bits per heavy atom. The molecule has 3 aromatic heterocycles. The number of likely N-dealkylation sites (tertiary alicyclic amines) is 1. The summed E-state index contributed by atoms with van der Waals surface area (Å²) in [5.41, 5.74) is 9.90. The lowest BCUT2D eigenvalue weighted by atomic mass is 10.0. The van der Waals surface area contributed by atoms with Crippen LogP contribution in [0.3, 0.4) is 0 Å². The van der Waals surface area contributed by atoms with E-state index < -0.39 is 0 Å². The molecule has 0 spiro atoms. The molecule has 2 unspecified atom stereocenters. The minimum absolute atomic E-state index is 0.473. The molecule has 4 aromatic rings. The van der Waals surface area contributed by atoms with Crippen LogP contribution >= 0.6 is 0 Å². The number of fused-ring (bicyclic) bond motifs is 4. The third-order valence-corrected chi connectivity index (χ3v) is 6.31. The zero-order valence-electron chi connectivity index (χ0n) is 16.1. The highest BCUT2D eigenvalue weighted by atomic mass is 16.5. The number of nitrogen functional groups attached to an aromatic ring is 1. The lowest BCUT2D eigenvalue weighted by Gasteiger charge is -2.16. The molecule has 1 aromatic carbocycles. The first-order chi connectivity index (χ1) is 14.2. The van der Waals surface area contributed by atoms with E-state index in [-0.39, 0.29) is 0 Å². The van der Waals surface area contributed by atoms with Gasteiger partial charge >= 0.3 is 0 Å². The van der Waals surface area contributed by atoms with Crippen molar-refractivity contribution in [3.8, 4) is 11.3 Å². The van der Waals surface area contributed by atoms with Crippen LogP contribution in [0.5, 0.6) is 0 Å². The molecule has 148 valence electrons. The maximum atomic E-state index is 6.25. The van der Waals surface area contributed by atoms with Gasteiger partial charge in [-0.15, -0.1) is 0 Å². The molecule has 2 aliphatic rings. The van der Waals surface area contributed by atoms with Crippen molar-refractivity contribution in [2.45, 2.75) is 6.54 Å². The third kappa shape index (κ3) is 2.87. The number of anilines is 1. The Morgan fingerprint density at radius 1 is 1.10 bits per heavy atom. The van der Waals surface area contributed by atoms with Gasteiger partial charge in [0.15, 0.2) is 5.82 Å². The monoisotopic (exact) mass is 389 g/mol. The molecule has 2 fully saturated rings. The highest BCUT2D eigenvalue weighted by Crippen LogP contribution is 2.31. The van der Waals surface area contributed by atoms with Crippen molar-refractivity contribution < 1.29 is 4.74 Å². The molecule has 2 saturated heterocycles. The SMILES string of the molecule is Nc1nc2cc(-c3ccn[nH]3)ccc2c2cn(CCN3CC4COCC4C3)nc12. The minimum Gasteiger partial charge on any atom is -0.382 e. The van der Waals surface area contributed by atoms with Gasteiger partial charge in [0, 0.05) is 60.2 Å². The van der Waals surface area contributed by atoms with Gasteiger partial charge in [-0.25, -0.2) is 4.98 Å². The van der Waals surface area contributed by atoms with Gasteiger partial charge in [0.2, 0.25) is 0 Å². The first-order valence-electron chi connectivity index (χ1n) is 10.1. The zero-order chi connectivity index (χ0) is 19.4. The molecule has 2 aliphatic heterocycles. The third-order valence-electron chi connectivity index (χ3n) is 6.31. The Bertz CT molecular complexity index is 1170. The molecule has 0 amide bonds. The van der Waals surface area contributed by atoms with Crippen LogP contribution in [-0.4, -0.2) is 62.7 Å². The average Bonchev–Trinajstić information content (AvgIpc) is 3.49.